The molecule has 3 unspecified atom stereocenters. The Morgan fingerprint density at radius 2 is 2.00 bits per heavy atom. The molecule has 0 aliphatic carbocycles. The zero-order valence-electron chi connectivity index (χ0n) is 12.4. The van der Waals surface area contributed by atoms with Gasteiger partial charge in [-0.2, -0.15) is 23.5 Å². The summed E-state index contributed by atoms with van der Waals surface area (Å²) in [5.74, 6) is 2.49. The SMILES string of the molecule is CCC1SCCSC1C(N)Cc1ccc2ccccc2n1. The summed E-state index contributed by atoms with van der Waals surface area (Å²) in [6.07, 6.45) is 2.08. The van der Waals surface area contributed by atoms with Crippen LogP contribution in [0, 0.1) is 0 Å². The molecule has 1 fully saturated rings. The Hall–Kier alpha value is -0.710. The predicted molar refractivity (Wildman–Crippen MR) is 96.2 cm³/mol. The maximum Gasteiger partial charge on any atom is 0.0705 e. The van der Waals surface area contributed by atoms with Crippen molar-refractivity contribution in [3.05, 3.63) is 42.1 Å². The number of hydrogen-bond acceptors (Lipinski definition) is 4. The first kappa shape index (κ1) is 15.2. The minimum atomic E-state index is 0.196. The normalized spacial score (nSPS) is 24.1. The molecule has 1 aliphatic rings. The summed E-state index contributed by atoms with van der Waals surface area (Å²) in [5.41, 5.74) is 8.70. The van der Waals surface area contributed by atoms with Crippen molar-refractivity contribution in [2.45, 2.75) is 36.3 Å². The van der Waals surface area contributed by atoms with Gasteiger partial charge in [0.15, 0.2) is 0 Å². The summed E-state index contributed by atoms with van der Waals surface area (Å²) in [7, 11) is 0. The van der Waals surface area contributed by atoms with E-state index in [9.17, 15) is 0 Å². The first-order valence-corrected chi connectivity index (χ1v) is 9.71. The van der Waals surface area contributed by atoms with Crippen LogP contribution in [0.5, 0.6) is 0 Å². The number of aromatic nitrogens is 1. The average Bonchev–Trinajstić information content (AvgIpc) is 2.54. The fourth-order valence-corrected chi connectivity index (χ4v) is 6.11. The first-order valence-electron chi connectivity index (χ1n) is 7.61. The molecule has 2 aromatic rings. The van der Waals surface area contributed by atoms with E-state index in [1.165, 1.54) is 23.3 Å². The van der Waals surface area contributed by atoms with Gasteiger partial charge in [-0.3, -0.25) is 4.98 Å². The van der Waals surface area contributed by atoms with Gasteiger partial charge in [0.1, 0.15) is 0 Å². The largest absolute Gasteiger partial charge is 0.326 e. The van der Waals surface area contributed by atoms with Crippen molar-refractivity contribution in [1.29, 1.82) is 0 Å². The smallest absolute Gasteiger partial charge is 0.0705 e. The molecule has 112 valence electrons. The lowest BCUT2D eigenvalue weighted by molar-refractivity contribution is 0.592. The van der Waals surface area contributed by atoms with E-state index in [0.717, 1.165) is 17.6 Å². The highest BCUT2D eigenvalue weighted by atomic mass is 32.2. The number of thioether (sulfide) groups is 2. The van der Waals surface area contributed by atoms with Crippen molar-refractivity contribution < 1.29 is 0 Å². The summed E-state index contributed by atoms with van der Waals surface area (Å²) in [6.45, 7) is 2.28. The summed E-state index contributed by atoms with van der Waals surface area (Å²) in [5, 5.41) is 2.45. The molecule has 1 aliphatic heterocycles. The Morgan fingerprint density at radius 3 is 2.86 bits per heavy atom. The van der Waals surface area contributed by atoms with E-state index in [2.05, 4.69) is 60.8 Å². The van der Waals surface area contributed by atoms with Crippen molar-refractivity contribution in [1.82, 2.24) is 4.98 Å². The Labute approximate surface area is 135 Å². The standard InChI is InChI=1S/C17H22N2S2/c1-2-16-17(21-10-9-20-16)14(18)11-13-8-7-12-5-3-4-6-15(12)19-13/h3-8,14,16-17H,2,9-11,18H2,1H3. The van der Waals surface area contributed by atoms with Crippen molar-refractivity contribution >= 4 is 34.4 Å². The molecule has 2 N–H and O–H groups in total. The van der Waals surface area contributed by atoms with Crippen LogP contribution in [0.1, 0.15) is 19.0 Å². The Balaban J connectivity index is 1.74. The van der Waals surface area contributed by atoms with Crippen LogP contribution >= 0.6 is 23.5 Å². The van der Waals surface area contributed by atoms with Gasteiger partial charge in [0.05, 0.1) is 5.52 Å². The van der Waals surface area contributed by atoms with Crippen LogP contribution in [-0.2, 0) is 6.42 Å². The molecule has 0 spiro atoms. The summed E-state index contributed by atoms with van der Waals surface area (Å²) < 4.78 is 0. The van der Waals surface area contributed by atoms with Crippen LogP contribution in [0.15, 0.2) is 36.4 Å². The van der Waals surface area contributed by atoms with Gasteiger partial charge in [-0.1, -0.05) is 31.2 Å². The number of pyridine rings is 1. The monoisotopic (exact) mass is 318 g/mol. The van der Waals surface area contributed by atoms with E-state index >= 15 is 0 Å². The number of fused-ring (bicyclic) bond motifs is 1. The van der Waals surface area contributed by atoms with Crippen LogP contribution in [0.2, 0.25) is 0 Å². The third kappa shape index (κ3) is 3.55. The molecule has 3 atom stereocenters. The second-order valence-corrected chi connectivity index (χ2v) is 8.15. The lowest BCUT2D eigenvalue weighted by Crippen LogP contribution is -2.43. The zero-order chi connectivity index (χ0) is 14.7. The van der Waals surface area contributed by atoms with Crippen molar-refractivity contribution in [3.63, 3.8) is 0 Å². The predicted octanol–water partition coefficient (Wildman–Crippen LogP) is 3.73. The molecular weight excluding hydrogens is 296 g/mol. The second kappa shape index (κ2) is 7.03. The van der Waals surface area contributed by atoms with Gasteiger partial charge in [-0.05, 0) is 18.6 Å². The molecule has 0 amide bonds. The lowest BCUT2D eigenvalue weighted by Gasteiger charge is -2.34. The molecule has 1 saturated heterocycles. The number of para-hydroxylation sites is 1. The fourth-order valence-electron chi connectivity index (χ4n) is 2.91. The van der Waals surface area contributed by atoms with Gasteiger partial charge in [0.2, 0.25) is 0 Å². The number of hydrogen-bond donors (Lipinski definition) is 1. The molecule has 2 nitrogen and oxygen atoms in total. The molecule has 4 heteroatoms. The van der Waals surface area contributed by atoms with Gasteiger partial charge < -0.3 is 5.73 Å². The molecule has 0 radical (unpaired) electrons. The highest BCUT2D eigenvalue weighted by Gasteiger charge is 2.30. The van der Waals surface area contributed by atoms with Crippen LogP contribution < -0.4 is 5.73 Å². The van der Waals surface area contributed by atoms with Gasteiger partial charge >= 0.3 is 0 Å². The van der Waals surface area contributed by atoms with E-state index in [1.54, 1.807) is 0 Å². The summed E-state index contributed by atoms with van der Waals surface area (Å²) in [6, 6.07) is 12.8. The molecular formula is C17H22N2S2. The molecule has 1 aromatic heterocycles. The molecule has 21 heavy (non-hydrogen) atoms. The van der Waals surface area contributed by atoms with Crippen LogP contribution in [-0.4, -0.2) is 33.0 Å². The number of rotatable bonds is 4. The highest BCUT2D eigenvalue weighted by molar-refractivity contribution is 8.07. The van der Waals surface area contributed by atoms with Gasteiger partial charge in [-0.25, -0.2) is 0 Å². The Bertz CT molecular complexity index is 602. The van der Waals surface area contributed by atoms with Crippen molar-refractivity contribution in [2.75, 3.05) is 11.5 Å². The van der Waals surface area contributed by atoms with Gasteiger partial charge in [0.25, 0.3) is 0 Å². The lowest BCUT2D eigenvalue weighted by atomic mass is 10.0. The second-order valence-electron chi connectivity index (χ2n) is 5.52. The fraction of sp³-hybridized carbons (Fsp3) is 0.471. The average molecular weight is 319 g/mol. The Morgan fingerprint density at radius 1 is 1.19 bits per heavy atom. The van der Waals surface area contributed by atoms with E-state index in [-0.39, 0.29) is 6.04 Å². The van der Waals surface area contributed by atoms with E-state index in [0.29, 0.717) is 10.5 Å². The minimum absolute atomic E-state index is 0.196. The summed E-state index contributed by atoms with van der Waals surface area (Å²) >= 11 is 4.14. The Kier molecular flexibility index (Phi) is 5.09. The third-order valence-corrected chi connectivity index (χ3v) is 7.45. The molecule has 0 saturated carbocycles. The number of benzene rings is 1. The maximum absolute atomic E-state index is 6.52. The highest BCUT2D eigenvalue weighted by Crippen LogP contribution is 2.35. The van der Waals surface area contributed by atoms with Gasteiger partial charge in [0, 0.05) is 45.5 Å². The molecule has 0 bridgehead atoms. The van der Waals surface area contributed by atoms with E-state index in [1.807, 2.05) is 6.07 Å². The minimum Gasteiger partial charge on any atom is -0.326 e. The topological polar surface area (TPSA) is 38.9 Å². The zero-order valence-corrected chi connectivity index (χ0v) is 14.0. The molecule has 3 rings (SSSR count). The molecule has 1 aromatic carbocycles. The maximum atomic E-state index is 6.52. The molecule has 2 heterocycles. The number of nitrogens with zero attached hydrogens (tertiary/aromatic N) is 1. The van der Waals surface area contributed by atoms with Crippen molar-refractivity contribution in [3.8, 4) is 0 Å². The van der Waals surface area contributed by atoms with E-state index in [4.69, 9.17) is 10.7 Å². The first-order chi connectivity index (χ1) is 10.3. The van der Waals surface area contributed by atoms with Crippen LogP contribution in [0.25, 0.3) is 10.9 Å². The van der Waals surface area contributed by atoms with Crippen LogP contribution in [0.3, 0.4) is 0 Å². The quantitative estimate of drug-likeness (QED) is 0.932. The number of nitrogens with two attached hydrogens (primary N) is 1. The summed E-state index contributed by atoms with van der Waals surface area (Å²) in [4.78, 5) is 4.76. The van der Waals surface area contributed by atoms with Crippen molar-refractivity contribution in [2.24, 2.45) is 5.73 Å². The van der Waals surface area contributed by atoms with Gasteiger partial charge in [-0.15, -0.1) is 0 Å². The van der Waals surface area contributed by atoms with Crippen LogP contribution in [0.4, 0.5) is 0 Å². The third-order valence-electron chi connectivity index (χ3n) is 4.02. The van der Waals surface area contributed by atoms with E-state index < -0.39 is 0 Å².